The molecule has 1 rings (SSSR count). The van der Waals surface area contributed by atoms with E-state index in [4.69, 9.17) is 0 Å². The van der Waals surface area contributed by atoms with Gasteiger partial charge in [-0.2, -0.15) is 0 Å². The van der Waals surface area contributed by atoms with Gasteiger partial charge >= 0.3 is 5.97 Å². The third-order valence-electron chi connectivity index (χ3n) is 1.58. The van der Waals surface area contributed by atoms with Crippen molar-refractivity contribution in [2.75, 3.05) is 18.5 Å². The van der Waals surface area contributed by atoms with Crippen LogP contribution in [0.15, 0.2) is 12.4 Å². The van der Waals surface area contributed by atoms with Crippen LogP contribution in [-0.4, -0.2) is 38.9 Å². The minimum Gasteiger partial charge on any atom is -0.755 e. The molecular formula is C7H8N3O4S-. The highest BCUT2D eigenvalue weighted by atomic mass is 32.2. The van der Waals surface area contributed by atoms with Crippen molar-refractivity contribution >= 4 is 23.1 Å². The van der Waals surface area contributed by atoms with Gasteiger partial charge in [-0.1, -0.05) is 0 Å². The van der Waals surface area contributed by atoms with Crippen LogP contribution in [0.5, 0.6) is 0 Å². The van der Waals surface area contributed by atoms with Crippen LogP contribution in [0.1, 0.15) is 10.5 Å². The first-order valence-corrected chi connectivity index (χ1v) is 4.83. The number of carbonyl (C=O) groups is 1. The summed E-state index contributed by atoms with van der Waals surface area (Å²) in [5, 5.41) is 0. The SMILES string of the molecule is COC(=O)c1nccnc1N(C)S(=O)[O-]. The van der Waals surface area contributed by atoms with Crippen molar-refractivity contribution in [1.82, 2.24) is 9.97 Å². The predicted molar refractivity (Wildman–Crippen MR) is 50.7 cm³/mol. The van der Waals surface area contributed by atoms with Gasteiger partial charge in [-0.15, -0.1) is 0 Å². The second kappa shape index (κ2) is 4.80. The highest BCUT2D eigenvalue weighted by Gasteiger charge is 2.17. The van der Waals surface area contributed by atoms with Gasteiger partial charge in [0.2, 0.25) is 0 Å². The van der Waals surface area contributed by atoms with Crippen LogP contribution >= 0.6 is 0 Å². The highest BCUT2D eigenvalue weighted by Crippen LogP contribution is 2.14. The molecule has 0 aliphatic heterocycles. The van der Waals surface area contributed by atoms with Gasteiger partial charge < -0.3 is 9.29 Å². The fraction of sp³-hybridized carbons (Fsp3) is 0.286. The lowest BCUT2D eigenvalue weighted by atomic mass is 10.4. The van der Waals surface area contributed by atoms with E-state index in [-0.39, 0.29) is 11.5 Å². The van der Waals surface area contributed by atoms with Gasteiger partial charge in [0.1, 0.15) is 0 Å². The molecule has 7 nitrogen and oxygen atoms in total. The van der Waals surface area contributed by atoms with Crippen molar-refractivity contribution in [2.45, 2.75) is 0 Å². The average molecular weight is 230 g/mol. The number of hydrogen-bond donors (Lipinski definition) is 0. The van der Waals surface area contributed by atoms with Crippen molar-refractivity contribution in [2.24, 2.45) is 0 Å². The molecule has 0 saturated carbocycles. The second-order valence-electron chi connectivity index (χ2n) is 2.43. The summed E-state index contributed by atoms with van der Waals surface area (Å²) < 4.78 is 26.6. The van der Waals surface area contributed by atoms with E-state index in [0.29, 0.717) is 0 Å². The lowest BCUT2D eigenvalue weighted by molar-refractivity contribution is 0.0594. The van der Waals surface area contributed by atoms with Gasteiger partial charge in [0.05, 0.1) is 7.11 Å². The summed E-state index contributed by atoms with van der Waals surface area (Å²) in [4.78, 5) is 18.6. The Morgan fingerprint density at radius 2 is 2.13 bits per heavy atom. The van der Waals surface area contributed by atoms with E-state index in [0.717, 1.165) is 4.31 Å². The maximum atomic E-state index is 11.2. The number of ether oxygens (including phenoxy) is 1. The topological polar surface area (TPSA) is 95.5 Å². The zero-order chi connectivity index (χ0) is 11.4. The average Bonchev–Trinajstić information content (AvgIpc) is 2.27. The van der Waals surface area contributed by atoms with Gasteiger partial charge in [0.25, 0.3) is 0 Å². The molecule has 1 heterocycles. The zero-order valence-electron chi connectivity index (χ0n) is 8.04. The van der Waals surface area contributed by atoms with Crippen molar-refractivity contribution in [3.63, 3.8) is 0 Å². The molecule has 0 amide bonds. The molecule has 0 aliphatic carbocycles. The van der Waals surface area contributed by atoms with Crippen LogP contribution in [0, 0.1) is 0 Å². The number of anilines is 1. The minimum absolute atomic E-state index is 0.0716. The molecule has 0 N–H and O–H groups in total. The Morgan fingerprint density at radius 3 is 2.67 bits per heavy atom. The van der Waals surface area contributed by atoms with Crippen molar-refractivity contribution in [3.8, 4) is 0 Å². The van der Waals surface area contributed by atoms with Gasteiger partial charge in [-0.05, 0) is 0 Å². The summed E-state index contributed by atoms with van der Waals surface area (Å²) in [5.74, 6) is -0.812. The summed E-state index contributed by atoms with van der Waals surface area (Å²) in [5.41, 5.74) is -0.147. The number of methoxy groups -OCH3 is 1. The van der Waals surface area contributed by atoms with Gasteiger partial charge in [0, 0.05) is 30.7 Å². The summed E-state index contributed by atoms with van der Waals surface area (Å²) in [6.07, 6.45) is 2.56. The van der Waals surface area contributed by atoms with E-state index in [1.165, 1.54) is 26.6 Å². The normalized spacial score (nSPS) is 11.9. The summed E-state index contributed by atoms with van der Waals surface area (Å²) >= 11 is -2.52. The fourth-order valence-electron chi connectivity index (χ4n) is 0.872. The molecule has 0 saturated heterocycles. The third-order valence-corrected chi connectivity index (χ3v) is 2.20. The van der Waals surface area contributed by atoms with Gasteiger partial charge in [-0.3, -0.25) is 8.51 Å². The molecule has 8 heteroatoms. The first-order chi connectivity index (χ1) is 7.07. The minimum atomic E-state index is -2.52. The summed E-state index contributed by atoms with van der Waals surface area (Å²) in [6.45, 7) is 0. The molecule has 0 bridgehead atoms. The summed E-state index contributed by atoms with van der Waals surface area (Å²) in [7, 11) is 2.43. The number of rotatable bonds is 3. The maximum Gasteiger partial charge on any atom is 0.360 e. The molecule has 15 heavy (non-hydrogen) atoms. The predicted octanol–water partition coefficient (Wildman–Crippen LogP) is -0.506. The lowest BCUT2D eigenvalue weighted by Gasteiger charge is -2.20. The van der Waals surface area contributed by atoms with Crippen LogP contribution in [0.25, 0.3) is 0 Å². The molecule has 0 radical (unpaired) electrons. The quantitative estimate of drug-likeness (QED) is 0.512. The highest BCUT2D eigenvalue weighted by molar-refractivity contribution is 7.80. The Hall–Kier alpha value is -1.54. The second-order valence-corrected chi connectivity index (χ2v) is 3.42. The van der Waals surface area contributed by atoms with E-state index >= 15 is 0 Å². The van der Waals surface area contributed by atoms with Crippen LogP contribution in [0.3, 0.4) is 0 Å². The van der Waals surface area contributed by atoms with Gasteiger partial charge in [0.15, 0.2) is 11.5 Å². The number of nitrogens with zero attached hydrogens (tertiary/aromatic N) is 3. The van der Waals surface area contributed by atoms with Crippen molar-refractivity contribution in [1.29, 1.82) is 0 Å². The Kier molecular flexibility index (Phi) is 3.69. The number of carbonyl (C=O) groups excluding carboxylic acids is 1. The monoisotopic (exact) mass is 230 g/mol. The fourth-order valence-corrected chi connectivity index (χ4v) is 1.15. The largest absolute Gasteiger partial charge is 0.755 e. The van der Waals surface area contributed by atoms with Gasteiger partial charge in [-0.25, -0.2) is 14.8 Å². The smallest absolute Gasteiger partial charge is 0.360 e. The van der Waals surface area contributed by atoms with E-state index in [9.17, 15) is 13.6 Å². The molecule has 0 fully saturated rings. The first-order valence-electron chi connectivity index (χ1n) is 3.80. The van der Waals surface area contributed by atoms with Crippen molar-refractivity contribution in [3.05, 3.63) is 18.1 Å². The first kappa shape index (κ1) is 11.5. The van der Waals surface area contributed by atoms with E-state index < -0.39 is 17.2 Å². The molecule has 1 unspecified atom stereocenters. The lowest BCUT2D eigenvalue weighted by Crippen LogP contribution is -2.24. The van der Waals surface area contributed by atoms with Crippen LogP contribution in [0.2, 0.25) is 0 Å². The standard InChI is InChI=1S/C7H9N3O4S/c1-10(15(12)13)6-5(7(11)14-2)8-3-4-9-6/h3-4H,1-2H3,(H,12,13)/p-1. The van der Waals surface area contributed by atoms with E-state index in [1.807, 2.05) is 0 Å². The maximum absolute atomic E-state index is 11.2. The zero-order valence-corrected chi connectivity index (χ0v) is 8.85. The Bertz CT molecular complexity index is 398. The molecule has 0 spiro atoms. The molecule has 1 aromatic heterocycles. The van der Waals surface area contributed by atoms with Crippen molar-refractivity contribution < 1.29 is 18.3 Å². The Balaban J connectivity index is 3.17. The molecule has 0 aromatic carbocycles. The number of aromatic nitrogens is 2. The van der Waals surface area contributed by atoms with Crippen LogP contribution in [-0.2, 0) is 16.0 Å². The number of hydrogen-bond acceptors (Lipinski definition) is 6. The van der Waals surface area contributed by atoms with E-state index in [1.54, 1.807) is 0 Å². The van der Waals surface area contributed by atoms with E-state index in [2.05, 4.69) is 14.7 Å². The molecule has 1 atom stereocenters. The Morgan fingerprint density at radius 1 is 1.53 bits per heavy atom. The molecule has 0 aliphatic rings. The number of esters is 1. The third kappa shape index (κ3) is 2.48. The Labute approximate surface area is 88.5 Å². The molecular weight excluding hydrogens is 222 g/mol. The summed E-state index contributed by atoms with van der Waals surface area (Å²) in [6, 6.07) is 0. The molecule has 82 valence electrons. The molecule has 1 aromatic rings. The van der Waals surface area contributed by atoms with Crippen LogP contribution < -0.4 is 4.31 Å². The van der Waals surface area contributed by atoms with Crippen LogP contribution in [0.4, 0.5) is 5.82 Å².